The van der Waals surface area contributed by atoms with E-state index in [2.05, 4.69) is 0 Å². The van der Waals surface area contributed by atoms with Crippen LogP contribution in [0, 0.1) is 0 Å². The van der Waals surface area contributed by atoms with Crippen molar-refractivity contribution in [1.29, 1.82) is 0 Å². The molecule has 0 amide bonds. The summed E-state index contributed by atoms with van der Waals surface area (Å²) in [6.07, 6.45) is 1.66. The van der Waals surface area contributed by atoms with Crippen LogP contribution < -0.4 is 5.31 Å². The topological polar surface area (TPSA) is 29.1 Å². The van der Waals surface area contributed by atoms with Crippen molar-refractivity contribution in [2.45, 2.75) is 36.3 Å². The van der Waals surface area contributed by atoms with E-state index >= 15 is 0 Å². The highest BCUT2D eigenvalue weighted by Crippen LogP contribution is 2.31. The summed E-state index contributed by atoms with van der Waals surface area (Å²) in [6, 6.07) is 5.44. The molecule has 1 aromatic rings. The van der Waals surface area contributed by atoms with Gasteiger partial charge in [0.15, 0.2) is 1.41 Å². The molecule has 1 N–H and O–H groups in total. The molecule has 0 saturated carbocycles. The van der Waals surface area contributed by atoms with Crippen LogP contribution in [0.3, 0.4) is 0 Å². The van der Waals surface area contributed by atoms with Gasteiger partial charge in [0.05, 0.1) is 22.8 Å². The van der Waals surface area contributed by atoms with E-state index in [9.17, 15) is 4.21 Å². The van der Waals surface area contributed by atoms with Crippen molar-refractivity contribution in [3.8, 4) is 0 Å². The minimum atomic E-state index is -1.17. The minimum absolute atomic E-state index is 0.281. The van der Waals surface area contributed by atoms with Crippen LogP contribution in [0.1, 0.15) is 28.1 Å². The van der Waals surface area contributed by atoms with Gasteiger partial charge >= 0.3 is 0 Å². The number of rotatable bonds is 0. The summed E-state index contributed by atoms with van der Waals surface area (Å²) in [6.45, 7) is 4.57. The number of nitrogens with one attached hydrogen (secondary N) is 1. The fourth-order valence-electron chi connectivity index (χ4n) is 1.77. The van der Waals surface area contributed by atoms with Crippen LogP contribution in [0.5, 0.6) is 0 Å². The molecule has 1 atom stereocenters. The summed E-state index contributed by atoms with van der Waals surface area (Å²) in [5.41, 5.74) is 0.499. The highest BCUT2D eigenvalue weighted by Gasteiger charge is 2.29. The van der Waals surface area contributed by atoms with Gasteiger partial charge < -0.3 is 5.31 Å². The molecule has 1 aliphatic heterocycles. The van der Waals surface area contributed by atoms with E-state index in [-0.39, 0.29) is 10.8 Å². The fourth-order valence-corrected chi connectivity index (χ4v) is 3.20. The Balaban J connectivity index is 2.60. The third-order valence-corrected chi connectivity index (χ3v) is 4.64. The number of anilines is 1. The summed E-state index contributed by atoms with van der Waals surface area (Å²) >= 11 is 0. The van der Waals surface area contributed by atoms with E-state index in [0.717, 1.165) is 12.8 Å². The molecule has 2 nitrogen and oxygen atoms in total. The molecule has 1 aromatic carbocycles. The molecular weight excluding hydrogens is 206 g/mol. The van der Waals surface area contributed by atoms with Crippen LogP contribution in [0.25, 0.3) is 0 Å². The average Bonchev–Trinajstić information content (AvgIpc) is 2.26. The van der Waals surface area contributed by atoms with Gasteiger partial charge in [-0.15, -0.1) is 0 Å². The maximum Gasteiger partial charge on any atom is 0.160 e. The normalized spacial score (nSPS) is 27.1. The highest BCUT2D eigenvalue weighted by molar-refractivity contribution is 7.86. The van der Waals surface area contributed by atoms with Crippen LogP contribution in [-0.2, 0) is 10.8 Å². The summed E-state index contributed by atoms with van der Waals surface area (Å²) < 4.78 is 28.0. The standard InChI is InChI=1S/C12H17NOS/c1-12(2)8-5-9-13-10-6-3-4-7-11(10)15(12)14/h3-4,6-7,13H,5,8-9H2,1-2H3/t15-/m1/s1/i6D/hD. The first-order chi connectivity index (χ1) is 7.93. The molecule has 2 rings (SSSR count). The largest absolute Gasteiger partial charge is 0.384 e. The van der Waals surface area contributed by atoms with Gasteiger partial charge in [0, 0.05) is 11.3 Å². The van der Waals surface area contributed by atoms with Crippen molar-refractivity contribution in [3.63, 3.8) is 0 Å². The van der Waals surface area contributed by atoms with Gasteiger partial charge in [0.2, 0.25) is 0 Å². The Morgan fingerprint density at radius 3 is 3.20 bits per heavy atom. The average molecular weight is 225 g/mol. The monoisotopic (exact) mass is 225 g/mol. The lowest BCUT2D eigenvalue weighted by molar-refractivity contribution is 0.572. The maximum absolute atomic E-state index is 12.5. The first-order valence-electron chi connectivity index (χ1n) is 6.16. The molecule has 0 aliphatic carbocycles. The lowest BCUT2D eigenvalue weighted by Gasteiger charge is -2.28. The summed E-state index contributed by atoms with van der Waals surface area (Å²) in [4.78, 5) is 0.622. The van der Waals surface area contributed by atoms with Gasteiger partial charge in [0.1, 0.15) is 0 Å². The van der Waals surface area contributed by atoms with Gasteiger partial charge in [-0.3, -0.25) is 4.21 Å². The van der Waals surface area contributed by atoms with Crippen LogP contribution in [0.4, 0.5) is 5.69 Å². The molecule has 82 valence electrons. The Hall–Kier alpha value is -0.830. The second kappa shape index (κ2) is 3.97. The zero-order valence-corrected chi connectivity index (χ0v) is 9.93. The zero-order chi connectivity index (χ0) is 12.6. The van der Waals surface area contributed by atoms with Crippen molar-refractivity contribution in [1.82, 2.24) is 0 Å². The predicted molar refractivity (Wildman–Crippen MR) is 64.7 cm³/mol. The molecule has 0 radical (unpaired) electrons. The lowest BCUT2D eigenvalue weighted by atomic mass is 10.1. The number of hydrogen-bond donors (Lipinski definition) is 1. The third-order valence-electron chi connectivity index (χ3n) is 2.71. The second-order valence-corrected chi connectivity index (χ2v) is 6.48. The number of hydrogen-bond acceptors (Lipinski definition) is 2. The van der Waals surface area contributed by atoms with E-state index in [1.165, 1.54) is 5.31 Å². The first-order valence-corrected chi connectivity index (χ1v) is 6.36. The zero-order valence-electron chi connectivity index (χ0n) is 11.1. The summed E-state index contributed by atoms with van der Waals surface area (Å²) in [7, 11) is -1.17. The van der Waals surface area contributed by atoms with E-state index in [1.807, 2.05) is 13.8 Å². The molecule has 15 heavy (non-hydrogen) atoms. The molecule has 0 spiro atoms. The molecule has 0 unspecified atom stereocenters. The molecule has 0 aromatic heterocycles. The fraction of sp³-hybridized carbons (Fsp3) is 0.500. The maximum atomic E-state index is 12.5. The van der Waals surface area contributed by atoms with Crippen LogP contribution >= 0.6 is 0 Å². The quantitative estimate of drug-likeness (QED) is 0.735. The molecule has 1 heterocycles. The summed E-state index contributed by atoms with van der Waals surface area (Å²) in [5.74, 6) is 0. The van der Waals surface area contributed by atoms with Gasteiger partial charge in [-0.25, -0.2) is 0 Å². The molecular formula is C12H17NOS. The van der Waals surface area contributed by atoms with E-state index in [0.29, 0.717) is 17.1 Å². The van der Waals surface area contributed by atoms with Crippen LogP contribution in [0.2, 0.25) is 1.41 Å². The van der Waals surface area contributed by atoms with E-state index < -0.39 is 10.8 Å². The van der Waals surface area contributed by atoms with Gasteiger partial charge in [-0.1, -0.05) is 12.1 Å². The highest BCUT2D eigenvalue weighted by atomic mass is 32.2. The Morgan fingerprint density at radius 1 is 1.60 bits per heavy atom. The Labute approximate surface area is 96.4 Å². The number of para-hydroxylation sites is 1. The Morgan fingerprint density at radius 2 is 2.40 bits per heavy atom. The summed E-state index contributed by atoms with van der Waals surface area (Å²) in [5, 5.41) is 1.31. The SMILES string of the molecule is [2H]c1cccc2c1N([2H])CCCC(C)(C)[S@@]2=O. The number of benzene rings is 1. The van der Waals surface area contributed by atoms with Gasteiger partial charge in [0.25, 0.3) is 0 Å². The van der Waals surface area contributed by atoms with Crippen LogP contribution in [-0.4, -0.2) is 15.5 Å². The lowest BCUT2D eigenvalue weighted by Crippen LogP contribution is -2.29. The second-order valence-electron chi connectivity index (χ2n) is 4.40. The van der Waals surface area contributed by atoms with Crippen molar-refractivity contribution < 1.29 is 6.99 Å². The third kappa shape index (κ3) is 2.07. The smallest absolute Gasteiger partial charge is 0.160 e. The predicted octanol–water partition coefficient (Wildman–Crippen LogP) is 2.78. The Bertz CT molecular complexity index is 462. The Kier molecular flexibility index (Phi) is 2.21. The molecule has 1 aliphatic rings. The molecule has 3 heteroatoms. The first kappa shape index (κ1) is 8.34. The van der Waals surface area contributed by atoms with Gasteiger partial charge in [-0.2, -0.15) is 0 Å². The van der Waals surface area contributed by atoms with Crippen molar-refractivity contribution in [2.24, 2.45) is 0 Å². The van der Waals surface area contributed by atoms with Crippen molar-refractivity contribution >= 4 is 16.5 Å². The van der Waals surface area contributed by atoms with Crippen molar-refractivity contribution in [2.75, 3.05) is 11.9 Å². The minimum Gasteiger partial charge on any atom is -0.384 e. The molecule has 0 fully saturated rings. The van der Waals surface area contributed by atoms with E-state index in [1.54, 1.807) is 18.2 Å². The molecule has 0 saturated heterocycles. The van der Waals surface area contributed by atoms with Crippen molar-refractivity contribution in [3.05, 3.63) is 24.2 Å². The van der Waals surface area contributed by atoms with E-state index in [4.69, 9.17) is 2.78 Å². The van der Waals surface area contributed by atoms with Crippen LogP contribution in [0.15, 0.2) is 29.1 Å². The molecule has 0 bridgehead atoms. The number of fused-ring (bicyclic) bond motifs is 1. The van der Waals surface area contributed by atoms with Gasteiger partial charge in [-0.05, 0) is 38.8 Å².